The topological polar surface area (TPSA) is 102 Å². The molecule has 0 heterocycles. The van der Waals surface area contributed by atoms with Gasteiger partial charge in [-0.15, -0.1) is 0 Å². The van der Waals surface area contributed by atoms with E-state index >= 15 is 0 Å². The van der Waals surface area contributed by atoms with E-state index in [1.165, 1.54) is 30.3 Å². The number of amides is 1. The minimum Gasteiger partial charge on any atom is -0.489 e. The number of carboxylic acid groups (broad SMARTS) is 1. The zero-order valence-electron chi connectivity index (χ0n) is 18.0. The number of benzene rings is 2. The number of hydrogen-bond acceptors (Lipinski definition) is 5. The lowest BCUT2D eigenvalue weighted by Gasteiger charge is -2.21. The van der Waals surface area contributed by atoms with Crippen LogP contribution in [0.25, 0.3) is 0 Å². The number of carboxylic acids is 1. The fraction of sp³-hybridized carbons (Fsp3) is 0.348. The Kier molecular flexibility index (Phi) is 8.28. The van der Waals surface area contributed by atoms with Crippen molar-refractivity contribution in [3.63, 3.8) is 0 Å². The highest BCUT2D eigenvalue weighted by Crippen LogP contribution is 2.20. The molecule has 0 fully saturated rings. The Morgan fingerprint density at radius 3 is 2.34 bits per heavy atom. The van der Waals surface area contributed by atoms with Crippen LogP contribution in [0.15, 0.2) is 42.5 Å². The minimum atomic E-state index is -1.37. The Morgan fingerprint density at radius 1 is 1.06 bits per heavy atom. The summed E-state index contributed by atoms with van der Waals surface area (Å²) in [6.45, 7) is 4.76. The van der Waals surface area contributed by atoms with Crippen molar-refractivity contribution >= 4 is 17.8 Å². The highest BCUT2D eigenvalue weighted by molar-refractivity contribution is 5.96. The lowest BCUT2D eigenvalue weighted by atomic mass is 10.0. The molecule has 0 aliphatic carbocycles. The lowest BCUT2D eigenvalue weighted by Crippen LogP contribution is -2.43. The monoisotopic (exact) mass is 449 g/mol. The Labute approximate surface area is 184 Å². The van der Waals surface area contributed by atoms with Gasteiger partial charge in [0.15, 0.2) is 5.78 Å². The van der Waals surface area contributed by atoms with Gasteiger partial charge in [0.25, 0.3) is 0 Å². The molecule has 0 bridgehead atoms. The second kappa shape index (κ2) is 10.7. The third kappa shape index (κ3) is 7.64. The Hall–Kier alpha value is -3.49. The van der Waals surface area contributed by atoms with Crippen LogP contribution in [-0.2, 0) is 16.1 Å². The van der Waals surface area contributed by atoms with Crippen molar-refractivity contribution in [1.29, 1.82) is 0 Å². The average Bonchev–Trinajstić information content (AvgIpc) is 2.68. The highest BCUT2D eigenvalue weighted by Gasteiger charge is 2.25. The number of alkyl carbamates (subject to hydrolysis) is 1. The maximum absolute atomic E-state index is 14.4. The quantitative estimate of drug-likeness (QED) is 0.547. The van der Waals surface area contributed by atoms with E-state index in [1.54, 1.807) is 26.8 Å². The van der Waals surface area contributed by atoms with Crippen molar-refractivity contribution in [2.45, 2.75) is 51.9 Å². The molecule has 0 saturated carbocycles. The molecule has 0 aromatic heterocycles. The fourth-order valence-electron chi connectivity index (χ4n) is 2.71. The summed E-state index contributed by atoms with van der Waals surface area (Å²) >= 11 is 0. The summed E-state index contributed by atoms with van der Waals surface area (Å²) in [5.41, 5.74) is -0.766. The molecule has 0 radical (unpaired) electrons. The third-order valence-corrected chi connectivity index (χ3v) is 4.24. The van der Waals surface area contributed by atoms with Gasteiger partial charge in [0, 0.05) is 18.1 Å². The maximum Gasteiger partial charge on any atom is 0.408 e. The Morgan fingerprint density at radius 2 is 1.75 bits per heavy atom. The van der Waals surface area contributed by atoms with Crippen LogP contribution >= 0.6 is 0 Å². The van der Waals surface area contributed by atoms with Crippen LogP contribution in [0, 0.1) is 11.6 Å². The fourth-order valence-corrected chi connectivity index (χ4v) is 2.71. The van der Waals surface area contributed by atoms with Crippen molar-refractivity contribution in [3.8, 4) is 5.75 Å². The van der Waals surface area contributed by atoms with Gasteiger partial charge in [0.05, 0.1) is 5.56 Å². The van der Waals surface area contributed by atoms with Gasteiger partial charge in [0.2, 0.25) is 0 Å². The van der Waals surface area contributed by atoms with Crippen molar-refractivity contribution in [3.05, 3.63) is 65.2 Å². The second-order valence-corrected chi connectivity index (χ2v) is 8.02. The van der Waals surface area contributed by atoms with Crippen LogP contribution < -0.4 is 10.1 Å². The number of hydrogen-bond donors (Lipinski definition) is 2. The molecule has 172 valence electrons. The van der Waals surface area contributed by atoms with Gasteiger partial charge in [-0.1, -0.05) is 18.2 Å². The number of rotatable bonds is 9. The van der Waals surface area contributed by atoms with E-state index in [0.717, 1.165) is 6.07 Å². The number of carbonyl (C=O) groups is 3. The number of Topliss-reactive ketones (excluding diaryl/α,β-unsaturated/α-hetero) is 1. The summed E-state index contributed by atoms with van der Waals surface area (Å²) in [7, 11) is 0. The van der Waals surface area contributed by atoms with Crippen molar-refractivity contribution in [1.82, 2.24) is 5.32 Å². The molecular formula is C23H25F2NO6. The largest absolute Gasteiger partial charge is 0.489 e. The van der Waals surface area contributed by atoms with Crippen molar-refractivity contribution < 1.29 is 37.7 Å². The molecule has 2 aromatic carbocycles. The summed E-state index contributed by atoms with van der Waals surface area (Å²) in [4.78, 5) is 35.5. The van der Waals surface area contributed by atoms with Crippen LogP contribution in [-0.4, -0.2) is 34.6 Å². The molecule has 0 unspecified atom stereocenters. The highest BCUT2D eigenvalue weighted by atomic mass is 19.1. The molecule has 9 heteroatoms. The molecule has 1 atom stereocenters. The molecule has 32 heavy (non-hydrogen) atoms. The number of ether oxygens (including phenoxy) is 2. The van der Waals surface area contributed by atoms with Gasteiger partial charge in [-0.3, -0.25) is 4.79 Å². The first-order valence-electron chi connectivity index (χ1n) is 9.87. The van der Waals surface area contributed by atoms with E-state index in [-0.39, 0.29) is 30.8 Å². The number of aliphatic carboxylic acids is 1. The van der Waals surface area contributed by atoms with E-state index < -0.39 is 41.1 Å². The van der Waals surface area contributed by atoms with Crippen LogP contribution in [0.4, 0.5) is 13.6 Å². The Balaban J connectivity index is 1.96. The predicted molar refractivity (Wildman–Crippen MR) is 111 cm³/mol. The van der Waals surface area contributed by atoms with Crippen LogP contribution in [0.5, 0.6) is 5.75 Å². The van der Waals surface area contributed by atoms with Crippen molar-refractivity contribution in [2.75, 3.05) is 0 Å². The summed E-state index contributed by atoms with van der Waals surface area (Å²) in [5, 5.41) is 11.5. The zero-order chi connectivity index (χ0) is 23.9. The molecule has 0 aliphatic rings. The zero-order valence-corrected chi connectivity index (χ0v) is 18.0. The standard InChI is InChI=1S/C23H25F2NO6/c1-23(2,3)32-22(30)26-19(21(28)29)10-11-20(27)16-9-8-15(12-18(16)25)31-13-14-6-4-5-7-17(14)24/h4-9,12,19H,10-11,13H2,1-3H3,(H,26,30)(H,28,29)/t19-/m0/s1. The van der Waals surface area contributed by atoms with Gasteiger partial charge in [-0.05, 0) is 45.4 Å². The van der Waals surface area contributed by atoms with E-state index in [0.29, 0.717) is 5.56 Å². The predicted octanol–water partition coefficient (Wildman–Crippen LogP) is 4.48. The van der Waals surface area contributed by atoms with Gasteiger partial charge < -0.3 is 19.9 Å². The molecule has 7 nitrogen and oxygen atoms in total. The van der Waals surface area contributed by atoms with Crippen LogP contribution in [0.3, 0.4) is 0 Å². The van der Waals surface area contributed by atoms with E-state index in [9.17, 15) is 28.3 Å². The summed E-state index contributed by atoms with van der Waals surface area (Å²) in [6.07, 6.45) is -1.50. The smallest absolute Gasteiger partial charge is 0.408 e. The number of halogens is 2. The minimum absolute atomic E-state index is 0.109. The molecule has 1 amide bonds. The van der Waals surface area contributed by atoms with Gasteiger partial charge in [-0.25, -0.2) is 18.4 Å². The first-order valence-corrected chi connectivity index (χ1v) is 9.87. The molecule has 2 aromatic rings. The van der Waals surface area contributed by atoms with E-state index in [4.69, 9.17) is 9.47 Å². The first kappa shape index (κ1) is 24.8. The molecule has 0 saturated heterocycles. The van der Waals surface area contributed by atoms with E-state index in [2.05, 4.69) is 5.32 Å². The Bertz CT molecular complexity index is 987. The molecule has 2 rings (SSSR count). The first-order chi connectivity index (χ1) is 15.0. The van der Waals surface area contributed by atoms with Crippen LogP contribution in [0.1, 0.15) is 49.5 Å². The summed E-state index contributed by atoms with van der Waals surface area (Å²) < 4.78 is 38.4. The molecule has 0 spiro atoms. The van der Waals surface area contributed by atoms with Gasteiger partial charge in [0.1, 0.15) is 35.6 Å². The number of carbonyl (C=O) groups excluding carboxylic acids is 2. The molecule has 2 N–H and O–H groups in total. The lowest BCUT2D eigenvalue weighted by molar-refractivity contribution is -0.139. The SMILES string of the molecule is CC(C)(C)OC(=O)N[C@@H](CCC(=O)c1ccc(OCc2ccccc2F)cc1F)C(=O)O. The third-order valence-electron chi connectivity index (χ3n) is 4.24. The van der Waals surface area contributed by atoms with Gasteiger partial charge in [-0.2, -0.15) is 0 Å². The van der Waals surface area contributed by atoms with E-state index in [1.807, 2.05) is 0 Å². The summed E-state index contributed by atoms with van der Waals surface area (Å²) in [5.74, 6) is -3.18. The number of nitrogens with one attached hydrogen (secondary N) is 1. The van der Waals surface area contributed by atoms with Crippen molar-refractivity contribution in [2.24, 2.45) is 0 Å². The second-order valence-electron chi connectivity index (χ2n) is 8.02. The molecule has 0 aliphatic heterocycles. The molecular weight excluding hydrogens is 424 g/mol. The maximum atomic E-state index is 14.4. The normalized spacial score (nSPS) is 12.0. The number of ketones is 1. The van der Waals surface area contributed by atoms with Crippen LogP contribution in [0.2, 0.25) is 0 Å². The summed E-state index contributed by atoms with van der Waals surface area (Å²) in [6, 6.07) is 8.21. The van der Waals surface area contributed by atoms with Gasteiger partial charge >= 0.3 is 12.1 Å². The average molecular weight is 449 g/mol.